The summed E-state index contributed by atoms with van der Waals surface area (Å²) < 4.78 is 5.73. The SMILES string of the molecule is CCC1OCCC1C1(O)C2CCCCC21. The Labute approximate surface area is 92.0 Å². The van der Waals surface area contributed by atoms with Gasteiger partial charge in [-0.3, -0.25) is 0 Å². The normalized spacial score (nSPS) is 54.0. The minimum atomic E-state index is -0.326. The zero-order valence-corrected chi connectivity index (χ0v) is 9.61. The highest BCUT2D eigenvalue weighted by Crippen LogP contribution is 2.64. The van der Waals surface area contributed by atoms with E-state index in [-0.39, 0.29) is 5.60 Å². The number of hydrogen-bond acceptors (Lipinski definition) is 2. The summed E-state index contributed by atoms with van der Waals surface area (Å²) in [5, 5.41) is 10.8. The van der Waals surface area contributed by atoms with Gasteiger partial charge >= 0.3 is 0 Å². The van der Waals surface area contributed by atoms with Crippen molar-refractivity contribution in [1.82, 2.24) is 0 Å². The van der Waals surface area contributed by atoms with E-state index in [0.29, 0.717) is 23.9 Å². The molecule has 0 bridgehead atoms. The van der Waals surface area contributed by atoms with Crippen molar-refractivity contribution in [2.45, 2.75) is 57.2 Å². The van der Waals surface area contributed by atoms with Crippen LogP contribution in [0.1, 0.15) is 45.4 Å². The second-order valence-electron chi connectivity index (χ2n) is 5.60. The Bertz CT molecular complexity index is 239. The van der Waals surface area contributed by atoms with Gasteiger partial charge in [-0.05, 0) is 37.5 Å². The summed E-state index contributed by atoms with van der Waals surface area (Å²) in [5.74, 6) is 1.68. The molecular formula is C13H22O2. The highest BCUT2D eigenvalue weighted by Gasteiger charge is 2.68. The summed E-state index contributed by atoms with van der Waals surface area (Å²) in [4.78, 5) is 0. The quantitative estimate of drug-likeness (QED) is 0.758. The van der Waals surface area contributed by atoms with Crippen molar-refractivity contribution in [2.24, 2.45) is 17.8 Å². The molecule has 2 aliphatic carbocycles. The largest absolute Gasteiger partial charge is 0.389 e. The van der Waals surface area contributed by atoms with Crippen molar-refractivity contribution in [3.63, 3.8) is 0 Å². The first-order valence-electron chi connectivity index (χ1n) is 6.62. The molecule has 0 radical (unpaired) electrons. The number of fused-ring (bicyclic) bond motifs is 1. The van der Waals surface area contributed by atoms with Gasteiger partial charge in [-0.1, -0.05) is 19.8 Å². The molecule has 0 aromatic carbocycles. The number of hydrogen-bond donors (Lipinski definition) is 1. The molecule has 15 heavy (non-hydrogen) atoms. The molecule has 3 fully saturated rings. The van der Waals surface area contributed by atoms with Crippen LogP contribution in [0.4, 0.5) is 0 Å². The van der Waals surface area contributed by atoms with Gasteiger partial charge in [0.15, 0.2) is 0 Å². The van der Waals surface area contributed by atoms with Crippen LogP contribution in [0.5, 0.6) is 0 Å². The first kappa shape index (κ1) is 10.1. The van der Waals surface area contributed by atoms with E-state index in [0.717, 1.165) is 19.4 Å². The van der Waals surface area contributed by atoms with Gasteiger partial charge in [-0.2, -0.15) is 0 Å². The second kappa shape index (κ2) is 3.46. The van der Waals surface area contributed by atoms with Gasteiger partial charge in [-0.25, -0.2) is 0 Å². The van der Waals surface area contributed by atoms with E-state index < -0.39 is 0 Å². The lowest BCUT2D eigenvalue weighted by Gasteiger charge is -2.24. The fourth-order valence-corrected chi connectivity index (χ4v) is 4.27. The lowest BCUT2D eigenvalue weighted by Crippen LogP contribution is -2.32. The fraction of sp³-hybridized carbons (Fsp3) is 1.00. The third-order valence-electron chi connectivity index (χ3n) is 5.05. The maximum atomic E-state index is 10.8. The molecule has 1 aliphatic heterocycles. The molecule has 4 atom stereocenters. The number of ether oxygens (including phenoxy) is 1. The van der Waals surface area contributed by atoms with Crippen molar-refractivity contribution < 1.29 is 9.84 Å². The Morgan fingerprint density at radius 2 is 1.80 bits per heavy atom. The van der Waals surface area contributed by atoms with Gasteiger partial charge in [0.1, 0.15) is 0 Å². The molecule has 0 aromatic rings. The zero-order chi connectivity index (χ0) is 10.5. The van der Waals surface area contributed by atoms with E-state index in [4.69, 9.17) is 4.74 Å². The van der Waals surface area contributed by atoms with E-state index in [1.165, 1.54) is 25.7 Å². The van der Waals surface area contributed by atoms with Gasteiger partial charge in [0, 0.05) is 12.5 Å². The Morgan fingerprint density at radius 1 is 1.13 bits per heavy atom. The molecule has 2 nitrogen and oxygen atoms in total. The Kier molecular flexibility index (Phi) is 2.33. The van der Waals surface area contributed by atoms with Crippen molar-refractivity contribution in [2.75, 3.05) is 6.61 Å². The van der Waals surface area contributed by atoms with E-state index in [9.17, 15) is 5.11 Å². The van der Waals surface area contributed by atoms with Crippen molar-refractivity contribution in [1.29, 1.82) is 0 Å². The second-order valence-corrected chi connectivity index (χ2v) is 5.60. The molecule has 2 saturated carbocycles. The standard InChI is InChI=1S/C13H22O2/c1-2-12-11(7-8-15-12)13(14)9-5-3-4-6-10(9)13/h9-12,14H,2-8H2,1H3. The summed E-state index contributed by atoms with van der Waals surface area (Å²) in [6.07, 6.45) is 7.65. The van der Waals surface area contributed by atoms with Crippen LogP contribution < -0.4 is 0 Å². The molecule has 0 aromatic heterocycles. The highest BCUT2D eigenvalue weighted by atomic mass is 16.5. The fourth-order valence-electron chi connectivity index (χ4n) is 4.27. The summed E-state index contributed by atoms with van der Waals surface area (Å²) >= 11 is 0. The number of aliphatic hydroxyl groups is 1. The molecule has 4 unspecified atom stereocenters. The minimum Gasteiger partial charge on any atom is -0.389 e. The molecular weight excluding hydrogens is 188 g/mol. The number of rotatable bonds is 2. The first-order chi connectivity index (χ1) is 7.28. The molecule has 0 amide bonds. The van der Waals surface area contributed by atoms with Gasteiger partial charge in [-0.15, -0.1) is 0 Å². The monoisotopic (exact) mass is 210 g/mol. The van der Waals surface area contributed by atoms with Crippen LogP contribution in [0.3, 0.4) is 0 Å². The van der Waals surface area contributed by atoms with Crippen LogP contribution in [0.2, 0.25) is 0 Å². The third-order valence-corrected chi connectivity index (χ3v) is 5.05. The van der Waals surface area contributed by atoms with Crippen LogP contribution in [0.25, 0.3) is 0 Å². The molecule has 2 heteroatoms. The Morgan fingerprint density at radius 3 is 2.40 bits per heavy atom. The van der Waals surface area contributed by atoms with Crippen molar-refractivity contribution >= 4 is 0 Å². The van der Waals surface area contributed by atoms with Crippen molar-refractivity contribution in [3.05, 3.63) is 0 Å². The zero-order valence-electron chi connectivity index (χ0n) is 9.61. The maximum absolute atomic E-state index is 10.8. The summed E-state index contributed by atoms with van der Waals surface area (Å²) in [6.45, 7) is 3.04. The summed E-state index contributed by atoms with van der Waals surface area (Å²) in [7, 11) is 0. The predicted molar refractivity (Wildman–Crippen MR) is 58.5 cm³/mol. The van der Waals surface area contributed by atoms with E-state index >= 15 is 0 Å². The smallest absolute Gasteiger partial charge is 0.0764 e. The molecule has 1 saturated heterocycles. The highest BCUT2D eigenvalue weighted by molar-refractivity contribution is 5.18. The predicted octanol–water partition coefficient (Wildman–Crippen LogP) is 2.35. The van der Waals surface area contributed by atoms with Gasteiger partial charge in [0.05, 0.1) is 11.7 Å². The molecule has 1 N–H and O–H groups in total. The minimum absolute atomic E-state index is 0.326. The van der Waals surface area contributed by atoms with Crippen molar-refractivity contribution in [3.8, 4) is 0 Å². The molecule has 0 spiro atoms. The van der Waals surface area contributed by atoms with E-state index in [1.807, 2.05) is 0 Å². The topological polar surface area (TPSA) is 29.5 Å². The van der Waals surface area contributed by atoms with Gasteiger partial charge in [0.2, 0.25) is 0 Å². The maximum Gasteiger partial charge on any atom is 0.0764 e. The molecule has 86 valence electrons. The molecule has 1 heterocycles. The lowest BCUT2D eigenvalue weighted by atomic mass is 9.88. The Hall–Kier alpha value is -0.0800. The Balaban J connectivity index is 1.76. The average Bonchev–Trinajstić information content (AvgIpc) is 2.69. The first-order valence-corrected chi connectivity index (χ1v) is 6.62. The molecule has 3 aliphatic rings. The van der Waals surface area contributed by atoms with Gasteiger partial charge < -0.3 is 9.84 Å². The van der Waals surface area contributed by atoms with E-state index in [2.05, 4.69) is 6.92 Å². The summed E-state index contributed by atoms with van der Waals surface area (Å²) in [5.41, 5.74) is -0.326. The lowest BCUT2D eigenvalue weighted by molar-refractivity contribution is 0.000653. The van der Waals surface area contributed by atoms with Crippen LogP contribution in [-0.2, 0) is 4.74 Å². The van der Waals surface area contributed by atoms with Crippen LogP contribution in [0.15, 0.2) is 0 Å². The third kappa shape index (κ3) is 1.31. The summed E-state index contributed by atoms with van der Waals surface area (Å²) in [6, 6.07) is 0. The molecule has 3 rings (SSSR count). The van der Waals surface area contributed by atoms with Gasteiger partial charge in [0.25, 0.3) is 0 Å². The van der Waals surface area contributed by atoms with E-state index in [1.54, 1.807) is 0 Å². The van der Waals surface area contributed by atoms with Crippen LogP contribution >= 0.6 is 0 Å². The average molecular weight is 210 g/mol. The van der Waals surface area contributed by atoms with Crippen LogP contribution in [-0.4, -0.2) is 23.4 Å². The van der Waals surface area contributed by atoms with Crippen LogP contribution in [0, 0.1) is 17.8 Å².